The molecular weight excluding hydrogens is 572 g/mol. The summed E-state index contributed by atoms with van der Waals surface area (Å²) in [6.07, 6.45) is 8.79. The number of hydrogen-bond donors (Lipinski definition) is 2. The SMILES string of the molecule is C=CC[C@H]1C[C@@H]1S(=O)(=O)NC(=O)c1ccc2c(c1)N(C[C@@H]1CC[C@H]1[C@@H](O)C=C)CC1(CCCc3cc(Cl)ccc31)CO2. The van der Waals surface area contributed by atoms with Crippen molar-refractivity contribution in [2.24, 2.45) is 17.8 Å². The first-order valence-corrected chi connectivity index (χ1v) is 16.8. The molecule has 1 spiro atoms. The number of ether oxygens (including phenoxy) is 1. The van der Waals surface area contributed by atoms with E-state index in [2.05, 4.69) is 34.9 Å². The predicted molar refractivity (Wildman–Crippen MR) is 166 cm³/mol. The van der Waals surface area contributed by atoms with Crippen molar-refractivity contribution in [3.05, 3.63) is 83.4 Å². The number of anilines is 1. The standard InChI is InChI=1S/C33H39ClN2O5S/c1-3-6-22-17-31(22)42(39,40)35-32(38)23-9-13-30-28(16-23)36(18-24-8-11-26(24)29(37)4-2)19-33(20-41-30)14-5-7-21-15-25(34)10-12-27(21)33/h3-4,9-10,12-13,15-16,22,24,26,29,31,37H,1-2,5-8,11,14,17-20H2,(H,35,38)/t22-,24-,26+,29-,31-,33?/m0/s1. The first-order chi connectivity index (χ1) is 20.1. The molecule has 42 heavy (non-hydrogen) atoms. The van der Waals surface area contributed by atoms with Gasteiger partial charge < -0.3 is 14.7 Å². The highest BCUT2D eigenvalue weighted by Crippen LogP contribution is 2.47. The number of sulfonamides is 1. The number of carbonyl (C=O) groups is 1. The summed E-state index contributed by atoms with van der Waals surface area (Å²) in [4.78, 5) is 15.6. The van der Waals surface area contributed by atoms with Crippen molar-refractivity contribution in [2.75, 3.05) is 24.6 Å². The Bertz CT molecular complexity index is 1510. The van der Waals surface area contributed by atoms with Gasteiger partial charge in [0.2, 0.25) is 10.0 Å². The van der Waals surface area contributed by atoms with E-state index in [1.807, 2.05) is 6.07 Å². The summed E-state index contributed by atoms with van der Waals surface area (Å²) >= 11 is 6.37. The number of aliphatic hydroxyl groups excluding tert-OH is 1. The van der Waals surface area contributed by atoms with E-state index >= 15 is 0 Å². The predicted octanol–water partition coefficient (Wildman–Crippen LogP) is 5.41. The normalized spacial score (nSPS) is 28.8. The Morgan fingerprint density at radius 3 is 2.79 bits per heavy atom. The van der Waals surface area contributed by atoms with E-state index in [0.29, 0.717) is 38.3 Å². The number of benzene rings is 2. The van der Waals surface area contributed by atoms with Crippen molar-refractivity contribution in [1.82, 2.24) is 4.72 Å². The van der Waals surface area contributed by atoms with Crippen LogP contribution in [0.3, 0.4) is 0 Å². The Balaban J connectivity index is 1.32. The van der Waals surface area contributed by atoms with Gasteiger partial charge in [0.25, 0.3) is 5.91 Å². The number of fused-ring (bicyclic) bond motifs is 3. The molecule has 1 aliphatic heterocycles. The average Bonchev–Trinajstić information content (AvgIpc) is 3.75. The van der Waals surface area contributed by atoms with E-state index < -0.39 is 27.3 Å². The number of nitrogens with zero attached hydrogens (tertiary/aromatic N) is 1. The number of hydrogen-bond acceptors (Lipinski definition) is 6. The maximum Gasteiger partial charge on any atom is 0.264 e. The van der Waals surface area contributed by atoms with Crippen LogP contribution in [-0.2, 0) is 21.9 Å². The minimum absolute atomic E-state index is 0.00881. The lowest BCUT2D eigenvalue weighted by molar-refractivity contribution is 0.0460. The van der Waals surface area contributed by atoms with Gasteiger partial charge in [-0.15, -0.1) is 13.2 Å². The number of amides is 1. The van der Waals surface area contributed by atoms with Gasteiger partial charge in [-0.25, -0.2) is 13.1 Å². The van der Waals surface area contributed by atoms with E-state index in [1.54, 1.807) is 30.4 Å². The highest BCUT2D eigenvalue weighted by atomic mass is 35.5. The summed E-state index contributed by atoms with van der Waals surface area (Å²) in [6.45, 7) is 9.34. The van der Waals surface area contributed by atoms with Crippen LogP contribution in [0, 0.1) is 17.8 Å². The van der Waals surface area contributed by atoms with Gasteiger partial charge in [0.1, 0.15) is 5.75 Å². The summed E-state index contributed by atoms with van der Waals surface area (Å²) in [5.41, 5.74) is 3.26. The number of aryl methyl sites for hydroxylation is 1. The third-order valence-corrected chi connectivity index (χ3v) is 12.0. The topological polar surface area (TPSA) is 95.9 Å². The maximum atomic E-state index is 13.3. The minimum Gasteiger partial charge on any atom is -0.490 e. The monoisotopic (exact) mass is 610 g/mol. The minimum atomic E-state index is -3.78. The summed E-state index contributed by atoms with van der Waals surface area (Å²) < 4.78 is 34.6. The zero-order valence-corrected chi connectivity index (χ0v) is 25.4. The van der Waals surface area contributed by atoms with Crippen molar-refractivity contribution in [3.63, 3.8) is 0 Å². The van der Waals surface area contributed by atoms with Crippen LogP contribution in [0.15, 0.2) is 61.7 Å². The molecule has 2 aromatic rings. The quantitative estimate of drug-likeness (QED) is 0.369. The molecule has 9 heteroatoms. The van der Waals surface area contributed by atoms with Crippen LogP contribution in [0.2, 0.25) is 5.02 Å². The molecular formula is C33H39ClN2O5S. The summed E-state index contributed by atoms with van der Waals surface area (Å²) in [5, 5.41) is 10.7. The number of halogens is 1. The summed E-state index contributed by atoms with van der Waals surface area (Å²) in [5.74, 6) is 0.420. The molecule has 3 aliphatic carbocycles. The molecule has 6 rings (SSSR count). The third kappa shape index (κ3) is 5.49. The van der Waals surface area contributed by atoms with Crippen LogP contribution in [-0.4, -0.2) is 50.5 Å². The molecule has 7 nitrogen and oxygen atoms in total. The molecule has 0 bridgehead atoms. The lowest BCUT2D eigenvalue weighted by Crippen LogP contribution is -2.49. The van der Waals surface area contributed by atoms with Gasteiger partial charge >= 0.3 is 0 Å². The summed E-state index contributed by atoms with van der Waals surface area (Å²) in [6, 6.07) is 11.3. The van der Waals surface area contributed by atoms with E-state index in [9.17, 15) is 18.3 Å². The fraction of sp³-hybridized carbons (Fsp3) is 0.485. The van der Waals surface area contributed by atoms with Gasteiger partial charge in [-0.2, -0.15) is 0 Å². The van der Waals surface area contributed by atoms with Crippen LogP contribution in [0.4, 0.5) is 5.69 Å². The Labute approximate surface area is 253 Å². The van der Waals surface area contributed by atoms with Crippen molar-refractivity contribution < 1.29 is 23.1 Å². The Hall–Kier alpha value is -2.81. The molecule has 0 saturated heterocycles. The first-order valence-electron chi connectivity index (χ1n) is 14.9. The maximum absolute atomic E-state index is 13.3. The zero-order valence-electron chi connectivity index (χ0n) is 23.8. The van der Waals surface area contributed by atoms with Crippen LogP contribution >= 0.6 is 11.6 Å². The van der Waals surface area contributed by atoms with E-state index in [0.717, 1.165) is 42.8 Å². The van der Waals surface area contributed by atoms with Crippen LogP contribution in [0.5, 0.6) is 5.75 Å². The van der Waals surface area contributed by atoms with E-state index in [-0.39, 0.29) is 28.7 Å². The second-order valence-electron chi connectivity index (χ2n) is 12.5. The number of allylic oxidation sites excluding steroid dienone is 1. The van der Waals surface area contributed by atoms with Crippen LogP contribution in [0.1, 0.15) is 60.0 Å². The smallest absolute Gasteiger partial charge is 0.264 e. The van der Waals surface area contributed by atoms with Gasteiger partial charge in [-0.05, 0) is 104 Å². The van der Waals surface area contributed by atoms with Crippen LogP contribution in [0.25, 0.3) is 0 Å². The molecule has 0 radical (unpaired) electrons. The lowest BCUT2D eigenvalue weighted by Gasteiger charge is -2.45. The highest BCUT2D eigenvalue weighted by Gasteiger charge is 2.47. The fourth-order valence-electron chi connectivity index (χ4n) is 7.31. The van der Waals surface area contributed by atoms with E-state index in [1.165, 1.54) is 11.1 Å². The molecule has 2 aromatic carbocycles. The number of aliphatic hydroxyl groups is 1. The van der Waals surface area contributed by atoms with Gasteiger partial charge in [0.15, 0.2) is 0 Å². The first kappa shape index (κ1) is 29.3. The molecule has 2 fully saturated rings. The highest BCUT2D eigenvalue weighted by molar-refractivity contribution is 7.91. The second kappa shape index (κ2) is 11.4. The van der Waals surface area contributed by atoms with Gasteiger partial charge in [0, 0.05) is 29.1 Å². The van der Waals surface area contributed by atoms with Gasteiger partial charge in [-0.3, -0.25) is 4.79 Å². The lowest BCUT2D eigenvalue weighted by atomic mass is 9.68. The molecule has 6 atom stereocenters. The number of nitrogens with one attached hydrogen (secondary N) is 1. The van der Waals surface area contributed by atoms with Crippen molar-refractivity contribution in [3.8, 4) is 5.75 Å². The molecule has 224 valence electrons. The second-order valence-corrected chi connectivity index (χ2v) is 14.9. The molecule has 4 aliphatic rings. The van der Waals surface area contributed by atoms with Crippen LogP contribution < -0.4 is 14.4 Å². The fourth-order valence-corrected chi connectivity index (χ4v) is 9.15. The van der Waals surface area contributed by atoms with Crippen molar-refractivity contribution >= 4 is 33.2 Å². The van der Waals surface area contributed by atoms with Crippen molar-refractivity contribution in [2.45, 2.75) is 61.7 Å². The van der Waals surface area contributed by atoms with Gasteiger partial charge in [0.05, 0.1) is 23.6 Å². The molecule has 2 N–H and O–H groups in total. The average molecular weight is 611 g/mol. The Morgan fingerprint density at radius 1 is 1.21 bits per heavy atom. The Kier molecular flexibility index (Phi) is 7.92. The number of carbonyl (C=O) groups excluding carboxylic acids is 1. The molecule has 0 aromatic heterocycles. The van der Waals surface area contributed by atoms with Crippen molar-refractivity contribution in [1.29, 1.82) is 0 Å². The third-order valence-electron chi connectivity index (χ3n) is 9.87. The van der Waals surface area contributed by atoms with E-state index in [4.69, 9.17) is 16.3 Å². The molecule has 1 unspecified atom stereocenters. The molecule has 1 heterocycles. The van der Waals surface area contributed by atoms with Gasteiger partial charge in [-0.1, -0.05) is 29.8 Å². The Morgan fingerprint density at radius 2 is 2.05 bits per heavy atom. The number of rotatable bonds is 9. The molecule has 2 saturated carbocycles. The largest absolute Gasteiger partial charge is 0.490 e. The summed E-state index contributed by atoms with van der Waals surface area (Å²) in [7, 11) is -3.78. The zero-order chi connectivity index (χ0) is 29.6. The molecule has 1 amide bonds.